The van der Waals surface area contributed by atoms with Crippen LogP contribution in [0.15, 0.2) is 48.8 Å². The highest BCUT2D eigenvalue weighted by Gasteiger charge is 2.34. The normalized spacial score (nSPS) is 17.9. The summed E-state index contributed by atoms with van der Waals surface area (Å²) in [4.78, 5) is 38.2. The van der Waals surface area contributed by atoms with Gasteiger partial charge in [-0.2, -0.15) is 4.98 Å². The minimum absolute atomic E-state index is 0.298. The average molecular weight is 525 g/mol. The molecule has 0 bridgehead atoms. The van der Waals surface area contributed by atoms with Gasteiger partial charge < -0.3 is 19.9 Å². The molecule has 3 aliphatic rings. The summed E-state index contributed by atoms with van der Waals surface area (Å²) in [7, 11) is 0. The van der Waals surface area contributed by atoms with Crippen molar-refractivity contribution in [3.05, 3.63) is 54.4 Å². The van der Waals surface area contributed by atoms with Gasteiger partial charge in [-0.15, -0.1) is 0 Å². The molecule has 4 aromatic rings. The first-order valence-corrected chi connectivity index (χ1v) is 13.9. The van der Waals surface area contributed by atoms with Crippen LogP contribution in [-0.4, -0.2) is 73.4 Å². The molecule has 10 heteroatoms. The van der Waals surface area contributed by atoms with Crippen LogP contribution in [0.4, 0.5) is 11.8 Å². The highest BCUT2D eigenvalue weighted by Crippen LogP contribution is 2.32. The van der Waals surface area contributed by atoms with Gasteiger partial charge in [-0.1, -0.05) is 6.07 Å². The third-order valence-corrected chi connectivity index (χ3v) is 7.64. The van der Waals surface area contributed by atoms with E-state index in [4.69, 9.17) is 9.72 Å². The predicted octanol–water partition coefficient (Wildman–Crippen LogP) is 4.00. The van der Waals surface area contributed by atoms with E-state index in [9.17, 15) is 4.79 Å². The van der Waals surface area contributed by atoms with Crippen LogP contribution < -0.4 is 10.1 Å². The number of aromatic nitrogens is 5. The number of anilines is 2. The van der Waals surface area contributed by atoms with Crippen molar-refractivity contribution in [2.24, 2.45) is 11.8 Å². The number of imidazole rings is 1. The Morgan fingerprint density at radius 3 is 2.64 bits per heavy atom. The number of carbonyl (C=O) groups excluding carboxylic acids is 1. The fourth-order valence-electron chi connectivity index (χ4n) is 5.01. The van der Waals surface area contributed by atoms with Gasteiger partial charge in [0.05, 0.1) is 23.3 Å². The third kappa shape index (κ3) is 5.70. The molecule has 0 atom stereocenters. The summed E-state index contributed by atoms with van der Waals surface area (Å²) in [6.45, 7) is 4.95. The van der Waals surface area contributed by atoms with Crippen molar-refractivity contribution in [3.63, 3.8) is 0 Å². The fraction of sp³-hybridized carbons (Fsp3) is 0.414. The molecule has 1 aromatic carbocycles. The number of ether oxygens (including phenoxy) is 1. The molecule has 3 fully saturated rings. The molecule has 1 saturated heterocycles. The first-order chi connectivity index (χ1) is 19.2. The molecule has 0 radical (unpaired) electrons. The monoisotopic (exact) mass is 524 g/mol. The average Bonchev–Trinajstić information content (AvgIpc) is 3.90. The molecule has 0 spiro atoms. The highest BCUT2D eigenvalue weighted by atomic mass is 16.5. The lowest BCUT2D eigenvalue weighted by atomic mass is 10.1. The number of carbonyl (C=O) groups is 1. The van der Waals surface area contributed by atoms with Crippen LogP contribution in [0.1, 0.15) is 31.2 Å². The molecule has 2 N–H and O–H groups in total. The molecule has 1 aliphatic heterocycles. The van der Waals surface area contributed by atoms with E-state index in [2.05, 4.69) is 36.2 Å². The second-order valence-corrected chi connectivity index (χ2v) is 10.8. The summed E-state index contributed by atoms with van der Waals surface area (Å²) >= 11 is 0. The van der Waals surface area contributed by atoms with Crippen molar-refractivity contribution in [1.82, 2.24) is 34.7 Å². The lowest BCUT2D eigenvalue weighted by molar-refractivity contribution is -0.134. The first-order valence-electron chi connectivity index (χ1n) is 13.9. The number of nitrogens with zero attached hydrogens (tertiary/aromatic N) is 6. The number of benzene rings is 1. The van der Waals surface area contributed by atoms with Crippen molar-refractivity contribution in [2.75, 3.05) is 38.1 Å². The van der Waals surface area contributed by atoms with Gasteiger partial charge in [0, 0.05) is 56.6 Å². The molecule has 10 nitrogen and oxygen atoms in total. The molecule has 1 amide bonds. The molecular formula is C29H32N8O2. The van der Waals surface area contributed by atoms with Gasteiger partial charge in [0.15, 0.2) is 0 Å². The third-order valence-electron chi connectivity index (χ3n) is 7.64. The molecule has 39 heavy (non-hydrogen) atoms. The smallest absolute Gasteiger partial charge is 0.316 e. The zero-order chi connectivity index (χ0) is 26.2. The second kappa shape index (κ2) is 10.3. The van der Waals surface area contributed by atoms with Crippen LogP contribution in [0.3, 0.4) is 0 Å². The minimum atomic E-state index is 0.298. The number of rotatable bonds is 9. The Balaban J connectivity index is 0.995. The number of pyridine rings is 1. The zero-order valence-corrected chi connectivity index (χ0v) is 21.8. The van der Waals surface area contributed by atoms with E-state index < -0.39 is 0 Å². The maximum absolute atomic E-state index is 12.3. The van der Waals surface area contributed by atoms with Crippen molar-refractivity contribution in [3.8, 4) is 17.3 Å². The largest absolute Gasteiger partial charge is 0.463 e. The molecule has 2 aliphatic carbocycles. The van der Waals surface area contributed by atoms with Crippen LogP contribution in [0, 0.1) is 11.8 Å². The molecule has 2 saturated carbocycles. The number of nitrogens with one attached hydrogen (secondary N) is 2. The number of hydrogen-bond acceptors (Lipinski definition) is 8. The van der Waals surface area contributed by atoms with E-state index in [1.54, 1.807) is 6.20 Å². The lowest BCUT2D eigenvalue weighted by Crippen LogP contribution is -2.48. The van der Waals surface area contributed by atoms with Gasteiger partial charge in [0.25, 0.3) is 0 Å². The molecular weight excluding hydrogens is 492 g/mol. The number of aromatic amines is 1. The van der Waals surface area contributed by atoms with E-state index in [0.717, 1.165) is 73.7 Å². The van der Waals surface area contributed by atoms with E-state index in [1.807, 2.05) is 41.4 Å². The van der Waals surface area contributed by atoms with Gasteiger partial charge in [-0.25, -0.2) is 15.0 Å². The van der Waals surface area contributed by atoms with E-state index in [1.165, 1.54) is 18.4 Å². The van der Waals surface area contributed by atoms with Crippen molar-refractivity contribution < 1.29 is 9.53 Å². The summed E-state index contributed by atoms with van der Waals surface area (Å²) < 4.78 is 5.75. The Kier molecular flexibility index (Phi) is 6.32. The van der Waals surface area contributed by atoms with Gasteiger partial charge in [0.2, 0.25) is 11.9 Å². The second-order valence-electron chi connectivity index (χ2n) is 10.8. The summed E-state index contributed by atoms with van der Waals surface area (Å²) in [5, 5.41) is 3.32. The first kappa shape index (κ1) is 24.0. The summed E-state index contributed by atoms with van der Waals surface area (Å²) in [6, 6.07) is 12.4. The number of H-pyrrole nitrogens is 1. The Hall–Kier alpha value is -4.05. The van der Waals surface area contributed by atoms with Crippen LogP contribution in [0.25, 0.3) is 22.3 Å². The quantitative estimate of drug-likeness (QED) is 0.338. The maximum atomic E-state index is 12.3. The molecule has 0 unspecified atom stereocenters. The highest BCUT2D eigenvalue weighted by molar-refractivity contribution is 5.83. The Bertz CT molecular complexity index is 1490. The number of hydrogen-bond donors (Lipinski definition) is 2. The van der Waals surface area contributed by atoms with Crippen LogP contribution >= 0.6 is 0 Å². The predicted molar refractivity (Wildman–Crippen MR) is 147 cm³/mol. The van der Waals surface area contributed by atoms with Crippen LogP contribution in [-0.2, 0) is 11.3 Å². The van der Waals surface area contributed by atoms with E-state index in [0.29, 0.717) is 36.3 Å². The SMILES string of the molecule is O=C(C1CC1)N1CCN(Cc2ccnc(Nc3nc4ccc(-c5ccnc(OCC6CC6)n5)cc4[nH]3)c2)CC1. The Morgan fingerprint density at radius 1 is 0.974 bits per heavy atom. The molecule has 3 aromatic heterocycles. The maximum Gasteiger partial charge on any atom is 0.316 e. The minimum Gasteiger partial charge on any atom is -0.463 e. The van der Waals surface area contributed by atoms with Gasteiger partial charge in [-0.3, -0.25) is 9.69 Å². The van der Waals surface area contributed by atoms with Crippen molar-refractivity contribution in [1.29, 1.82) is 0 Å². The van der Waals surface area contributed by atoms with Crippen LogP contribution in [0.5, 0.6) is 6.01 Å². The van der Waals surface area contributed by atoms with Gasteiger partial charge in [0.1, 0.15) is 5.82 Å². The fourth-order valence-corrected chi connectivity index (χ4v) is 5.01. The van der Waals surface area contributed by atoms with Gasteiger partial charge >= 0.3 is 6.01 Å². The lowest BCUT2D eigenvalue weighted by Gasteiger charge is -2.34. The van der Waals surface area contributed by atoms with Crippen LogP contribution in [0.2, 0.25) is 0 Å². The summed E-state index contributed by atoms with van der Waals surface area (Å²) in [6.07, 6.45) is 8.15. The number of piperazine rings is 1. The summed E-state index contributed by atoms with van der Waals surface area (Å²) in [5.74, 6) is 2.67. The zero-order valence-electron chi connectivity index (χ0n) is 21.8. The van der Waals surface area contributed by atoms with E-state index in [-0.39, 0.29) is 0 Å². The number of amides is 1. The molecule has 7 rings (SSSR count). The molecule has 4 heterocycles. The molecule has 200 valence electrons. The van der Waals surface area contributed by atoms with Crippen molar-refractivity contribution >= 4 is 28.7 Å². The Labute approximate surface area is 226 Å². The van der Waals surface area contributed by atoms with Crippen molar-refractivity contribution in [2.45, 2.75) is 32.2 Å². The van der Waals surface area contributed by atoms with Gasteiger partial charge in [-0.05, 0) is 67.5 Å². The standard InChI is InChI=1S/C29H32N8O2/c38-27(21-3-4-21)37-13-11-36(12-14-37)17-20-7-9-30-26(15-20)35-28-32-24-6-5-22(16-25(24)33-28)23-8-10-31-29(34-23)39-18-19-1-2-19/h5-10,15-16,19,21H,1-4,11-14,17-18H2,(H2,30,32,33,35). The summed E-state index contributed by atoms with van der Waals surface area (Å²) in [5.41, 5.74) is 4.72. The number of fused-ring (bicyclic) bond motifs is 1. The topological polar surface area (TPSA) is 112 Å². The Morgan fingerprint density at radius 2 is 1.82 bits per heavy atom. The van der Waals surface area contributed by atoms with E-state index >= 15 is 0 Å².